The lowest BCUT2D eigenvalue weighted by Crippen LogP contribution is -2.66. The van der Waals surface area contributed by atoms with E-state index in [9.17, 15) is 29.4 Å². The summed E-state index contributed by atoms with van der Waals surface area (Å²) < 4.78 is 6.16. The first kappa shape index (κ1) is 38.3. The molecule has 0 radical (unpaired) electrons. The molecule has 5 aliphatic carbocycles. The van der Waals surface area contributed by atoms with Crippen molar-refractivity contribution in [3.05, 3.63) is 46.5 Å². The lowest BCUT2D eigenvalue weighted by Gasteiger charge is -2.72. The van der Waals surface area contributed by atoms with E-state index in [0.29, 0.717) is 30.4 Å². The van der Waals surface area contributed by atoms with Crippen LogP contribution in [0.5, 0.6) is 0 Å². The van der Waals surface area contributed by atoms with Gasteiger partial charge in [0, 0.05) is 35.9 Å². The van der Waals surface area contributed by atoms with Gasteiger partial charge in [-0.05, 0) is 122 Å². The first-order valence-corrected chi connectivity index (χ1v) is 20.4. The van der Waals surface area contributed by atoms with E-state index in [1.807, 2.05) is 24.3 Å². The summed E-state index contributed by atoms with van der Waals surface area (Å²) in [5.74, 6) is -0.243. The van der Waals surface area contributed by atoms with Crippen molar-refractivity contribution in [3.8, 4) is 0 Å². The van der Waals surface area contributed by atoms with Crippen molar-refractivity contribution in [1.82, 2.24) is 4.90 Å². The molecule has 1 heterocycles. The fourth-order valence-electron chi connectivity index (χ4n) is 13.8. The van der Waals surface area contributed by atoms with Gasteiger partial charge in [0.15, 0.2) is 5.78 Å². The SMILES string of the molecule is CC(C)C1=C2[C@H]3CC[C@@H]4[C@@]5(C)CC[C@H](OC(=O)CC(C)(C)C(=O)O)C(C)(C)[C@@H]5CC[C@@]4(C)[C@]3(C)CCC2(C(O)CN2Cc3ccccc3C2=O)CC1=O. The van der Waals surface area contributed by atoms with Crippen LogP contribution in [0, 0.1) is 56.2 Å². The number of benzene rings is 1. The molecule has 4 fully saturated rings. The number of hydrogen-bond acceptors (Lipinski definition) is 6. The molecule has 4 saturated carbocycles. The summed E-state index contributed by atoms with van der Waals surface area (Å²) in [7, 11) is 0. The van der Waals surface area contributed by atoms with Crippen LogP contribution in [0.15, 0.2) is 35.4 Å². The highest BCUT2D eigenvalue weighted by molar-refractivity contribution is 6.01. The summed E-state index contributed by atoms with van der Waals surface area (Å²) in [5, 5.41) is 22.0. The summed E-state index contributed by atoms with van der Waals surface area (Å²) in [6, 6.07) is 7.70. The molecule has 1 aromatic carbocycles. The van der Waals surface area contributed by atoms with Gasteiger partial charge < -0.3 is 19.8 Å². The van der Waals surface area contributed by atoms with Crippen LogP contribution in [0.2, 0.25) is 0 Å². The third-order valence-corrected chi connectivity index (χ3v) is 16.8. The highest BCUT2D eigenvalue weighted by Crippen LogP contribution is 2.77. The Bertz CT molecular complexity index is 1760. The van der Waals surface area contributed by atoms with E-state index in [4.69, 9.17) is 4.74 Å². The second kappa shape index (κ2) is 12.5. The number of ketones is 1. The van der Waals surface area contributed by atoms with Crippen LogP contribution in [-0.2, 0) is 25.7 Å². The van der Waals surface area contributed by atoms with Crippen LogP contribution in [0.3, 0.4) is 0 Å². The number of allylic oxidation sites excluding steroid dienone is 1. The van der Waals surface area contributed by atoms with Crippen molar-refractivity contribution < 1.29 is 34.1 Å². The molecule has 53 heavy (non-hydrogen) atoms. The lowest BCUT2D eigenvalue weighted by atomic mass is 9.33. The number of carbonyl (C=O) groups excluding carboxylic acids is 3. The summed E-state index contributed by atoms with van der Waals surface area (Å²) in [6.45, 7) is 20.2. The molecule has 0 spiro atoms. The van der Waals surface area contributed by atoms with Crippen LogP contribution in [-0.4, -0.2) is 57.5 Å². The quantitative estimate of drug-likeness (QED) is 0.258. The van der Waals surface area contributed by atoms with Crippen molar-refractivity contribution in [2.75, 3.05) is 6.54 Å². The highest BCUT2D eigenvalue weighted by Gasteiger charge is 2.71. The van der Waals surface area contributed by atoms with Crippen LogP contribution >= 0.6 is 0 Å². The number of carboxylic acid groups (broad SMARTS) is 1. The number of rotatable bonds is 8. The molecular weight excluding hydrogens is 666 g/mol. The highest BCUT2D eigenvalue weighted by atomic mass is 16.5. The summed E-state index contributed by atoms with van der Waals surface area (Å²) in [5.41, 5.74) is 1.74. The number of carbonyl (C=O) groups is 4. The van der Waals surface area contributed by atoms with E-state index < -0.39 is 28.9 Å². The number of Topliss-reactive ketones (excluding diaryl/α,β-unsaturated/α-hetero) is 1. The molecule has 1 aromatic rings. The maximum Gasteiger partial charge on any atom is 0.309 e. The van der Waals surface area contributed by atoms with Gasteiger partial charge in [0.2, 0.25) is 0 Å². The first-order valence-electron chi connectivity index (χ1n) is 20.4. The number of aliphatic hydroxyl groups is 1. The Hall–Kier alpha value is -3.00. The van der Waals surface area contributed by atoms with E-state index in [1.165, 1.54) is 5.57 Å². The van der Waals surface area contributed by atoms with Crippen LogP contribution in [0.4, 0.5) is 0 Å². The Morgan fingerprint density at radius 1 is 0.925 bits per heavy atom. The minimum absolute atomic E-state index is 0.0106. The molecule has 9 atom stereocenters. The molecule has 2 N–H and O–H groups in total. The van der Waals surface area contributed by atoms with Crippen LogP contribution in [0.1, 0.15) is 142 Å². The predicted molar refractivity (Wildman–Crippen MR) is 203 cm³/mol. The van der Waals surface area contributed by atoms with E-state index >= 15 is 0 Å². The zero-order valence-electron chi connectivity index (χ0n) is 33.6. The maximum absolute atomic E-state index is 14.1. The average molecular weight is 730 g/mol. The molecule has 1 amide bonds. The van der Waals surface area contributed by atoms with Gasteiger partial charge in [-0.1, -0.05) is 72.2 Å². The molecule has 6 aliphatic rings. The molecule has 8 nitrogen and oxygen atoms in total. The number of aliphatic hydroxyl groups excluding tert-OH is 1. The van der Waals surface area contributed by atoms with Gasteiger partial charge in [0.1, 0.15) is 6.10 Å². The third-order valence-electron chi connectivity index (χ3n) is 16.8. The average Bonchev–Trinajstić information content (AvgIpc) is 3.56. The summed E-state index contributed by atoms with van der Waals surface area (Å²) in [4.78, 5) is 54.2. The van der Waals surface area contributed by atoms with Gasteiger partial charge in [-0.25, -0.2) is 0 Å². The molecule has 8 heteroatoms. The van der Waals surface area contributed by atoms with Gasteiger partial charge in [0.25, 0.3) is 5.91 Å². The molecule has 1 aliphatic heterocycles. The monoisotopic (exact) mass is 729 g/mol. The number of fused-ring (bicyclic) bond motifs is 8. The van der Waals surface area contributed by atoms with Gasteiger partial charge in [-0.15, -0.1) is 0 Å². The zero-order valence-corrected chi connectivity index (χ0v) is 33.6. The molecule has 0 bridgehead atoms. The Kier molecular flexibility index (Phi) is 9.04. The summed E-state index contributed by atoms with van der Waals surface area (Å²) >= 11 is 0. The number of hydrogen-bond donors (Lipinski definition) is 2. The predicted octanol–water partition coefficient (Wildman–Crippen LogP) is 8.40. The minimum Gasteiger partial charge on any atom is -0.481 e. The molecular formula is C45H63NO7. The Morgan fingerprint density at radius 2 is 1.62 bits per heavy atom. The van der Waals surface area contributed by atoms with Crippen molar-refractivity contribution in [3.63, 3.8) is 0 Å². The Morgan fingerprint density at radius 3 is 2.28 bits per heavy atom. The van der Waals surface area contributed by atoms with E-state index in [-0.39, 0.29) is 64.3 Å². The molecule has 0 saturated heterocycles. The lowest BCUT2D eigenvalue weighted by molar-refractivity contribution is -0.235. The number of carboxylic acids is 1. The fraction of sp³-hybridized carbons (Fsp3) is 0.733. The molecule has 7 rings (SSSR count). The van der Waals surface area contributed by atoms with E-state index in [0.717, 1.165) is 62.5 Å². The van der Waals surface area contributed by atoms with Crippen LogP contribution < -0.4 is 0 Å². The van der Waals surface area contributed by atoms with E-state index in [2.05, 4.69) is 48.5 Å². The summed E-state index contributed by atoms with van der Waals surface area (Å²) in [6.07, 6.45) is 6.59. The molecule has 290 valence electrons. The number of nitrogens with zero attached hydrogens (tertiary/aromatic N) is 1. The number of β-amino-alcohol motifs (C(OH)–C–C–N with tert-alkyl or cyclic N) is 1. The standard InChI is InChI=1S/C45H63NO7/c1-26(2)36-30(47)22-45(33(48)25-46-24-27-12-10-11-13-28(27)38(46)50)21-20-43(8)29(37(36)45)14-15-32-42(7)18-17-34(53-35(49)23-40(3,4)39(51)52)41(5,6)31(42)16-19-44(32,43)9/h10-13,26,29,31-34,48H,14-25H2,1-9H3,(H,51,52)/t29-,31+,32-,33?,34+,42+,43-,44-,45?/m1/s1. The van der Waals surface area contributed by atoms with Gasteiger partial charge in [-0.2, -0.15) is 0 Å². The maximum atomic E-state index is 14.1. The molecule has 2 unspecified atom stereocenters. The van der Waals surface area contributed by atoms with Crippen molar-refractivity contribution >= 4 is 23.6 Å². The minimum atomic E-state index is -1.18. The van der Waals surface area contributed by atoms with Gasteiger partial charge in [-0.3, -0.25) is 19.2 Å². The Labute approximate surface area is 316 Å². The smallest absolute Gasteiger partial charge is 0.309 e. The van der Waals surface area contributed by atoms with Crippen molar-refractivity contribution in [1.29, 1.82) is 0 Å². The van der Waals surface area contributed by atoms with Crippen molar-refractivity contribution in [2.45, 2.75) is 145 Å². The van der Waals surface area contributed by atoms with Gasteiger partial charge in [0.05, 0.1) is 17.9 Å². The molecule has 0 aromatic heterocycles. The zero-order chi connectivity index (χ0) is 38.7. The number of esters is 1. The van der Waals surface area contributed by atoms with Gasteiger partial charge >= 0.3 is 11.9 Å². The number of aliphatic carboxylic acids is 1. The Balaban J connectivity index is 1.17. The second-order valence-electron chi connectivity index (χ2n) is 20.4. The number of ether oxygens (including phenoxy) is 1. The second-order valence-corrected chi connectivity index (χ2v) is 20.4. The largest absolute Gasteiger partial charge is 0.481 e. The third kappa shape index (κ3) is 5.44. The van der Waals surface area contributed by atoms with E-state index in [1.54, 1.807) is 18.7 Å². The van der Waals surface area contributed by atoms with Crippen LogP contribution in [0.25, 0.3) is 0 Å². The number of amides is 1. The van der Waals surface area contributed by atoms with Crippen molar-refractivity contribution in [2.24, 2.45) is 56.2 Å². The normalized spacial score (nSPS) is 38.1. The first-order chi connectivity index (χ1) is 24.6. The fourth-order valence-corrected chi connectivity index (χ4v) is 13.8. The topological polar surface area (TPSA) is 121 Å².